The first kappa shape index (κ1) is 12.8. The van der Waals surface area contributed by atoms with Crippen LogP contribution in [0.3, 0.4) is 0 Å². The van der Waals surface area contributed by atoms with Crippen molar-refractivity contribution in [2.24, 2.45) is 15.9 Å². The summed E-state index contributed by atoms with van der Waals surface area (Å²) < 4.78 is 5.21. The van der Waals surface area contributed by atoms with Crippen LogP contribution in [0.4, 0.5) is 0 Å². The normalized spacial score (nSPS) is 11.7. The smallest absolute Gasteiger partial charge is 0.153 e. The molecule has 1 aromatic carbocycles. The van der Waals surface area contributed by atoms with Gasteiger partial charge in [-0.3, -0.25) is 4.98 Å². The van der Waals surface area contributed by atoms with Gasteiger partial charge in [0.15, 0.2) is 5.84 Å². The zero-order chi connectivity index (χ0) is 13.5. The SMILES string of the molecule is COc1ccccc1/C=N/N=C(\N)c1ccncc1. The van der Waals surface area contributed by atoms with Crippen LogP contribution in [0.1, 0.15) is 11.1 Å². The van der Waals surface area contributed by atoms with Crippen molar-refractivity contribution in [1.29, 1.82) is 0 Å². The van der Waals surface area contributed by atoms with Crippen molar-refractivity contribution in [2.45, 2.75) is 0 Å². The van der Waals surface area contributed by atoms with E-state index in [1.165, 1.54) is 0 Å². The highest BCUT2D eigenvalue weighted by atomic mass is 16.5. The van der Waals surface area contributed by atoms with Gasteiger partial charge in [0.05, 0.1) is 13.3 Å². The number of para-hydroxylation sites is 1. The quantitative estimate of drug-likeness (QED) is 0.514. The topological polar surface area (TPSA) is 72.9 Å². The molecule has 0 spiro atoms. The summed E-state index contributed by atoms with van der Waals surface area (Å²) >= 11 is 0. The Bertz CT molecular complexity index is 593. The van der Waals surface area contributed by atoms with Gasteiger partial charge < -0.3 is 10.5 Å². The van der Waals surface area contributed by atoms with E-state index in [-0.39, 0.29) is 0 Å². The van der Waals surface area contributed by atoms with Gasteiger partial charge >= 0.3 is 0 Å². The average molecular weight is 254 g/mol. The number of amidine groups is 1. The van der Waals surface area contributed by atoms with E-state index in [0.717, 1.165) is 16.9 Å². The molecule has 2 N–H and O–H groups in total. The minimum absolute atomic E-state index is 0.341. The molecule has 0 unspecified atom stereocenters. The lowest BCUT2D eigenvalue weighted by Crippen LogP contribution is -2.12. The number of benzene rings is 1. The van der Waals surface area contributed by atoms with Gasteiger partial charge in [-0.15, -0.1) is 5.10 Å². The van der Waals surface area contributed by atoms with Crippen LogP contribution in [-0.2, 0) is 0 Å². The summed E-state index contributed by atoms with van der Waals surface area (Å²) in [5.74, 6) is 1.08. The van der Waals surface area contributed by atoms with Crippen LogP contribution < -0.4 is 10.5 Å². The Labute approximate surface area is 111 Å². The largest absolute Gasteiger partial charge is 0.496 e. The Morgan fingerprint density at radius 1 is 1.21 bits per heavy atom. The van der Waals surface area contributed by atoms with E-state index in [2.05, 4.69) is 15.2 Å². The van der Waals surface area contributed by atoms with E-state index in [4.69, 9.17) is 10.5 Å². The minimum atomic E-state index is 0.341. The summed E-state index contributed by atoms with van der Waals surface area (Å²) in [4.78, 5) is 3.91. The van der Waals surface area contributed by atoms with Gasteiger partial charge in [0, 0.05) is 23.5 Å². The van der Waals surface area contributed by atoms with E-state index in [1.807, 2.05) is 24.3 Å². The number of nitrogens with zero attached hydrogens (tertiary/aromatic N) is 3. The number of ether oxygens (including phenoxy) is 1. The Balaban J connectivity index is 2.15. The number of hydrogen-bond acceptors (Lipinski definition) is 4. The third-order valence-corrected chi connectivity index (χ3v) is 2.48. The summed E-state index contributed by atoms with van der Waals surface area (Å²) in [5, 5.41) is 7.91. The van der Waals surface area contributed by atoms with Crippen LogP contribution in [0.2, 0.25) is 0 Å². The van der Waals surface area contributed by atoms with Gasteiger partial charge in [0.2, 0.25) is 0 Å². The molecule has 0 aliphatic rings. The lowest BCUT2D eigenvalue weighted by Gasteiger charge is -2.02. The lowest BCUT2D eigenvalue weighted by molar-refractivity contribution is 0.414. The number of aromatic nitrogens is 1. The highest BCUT2D eigenvalue weighted by Crippen LogP contribution is 2.14. The molecule has 1 heterocycles. The molecule has 96 valence electrons. The van der Waals surface area contributed by atoms with Gasteiger partial charge in [0.1, 0.15) is 5.75 Å². The summed E-state index contributed by atoms with van der Waals surface area (Å²) in [7, 11) is 1.61. The zero-order valence-corrected chi connectivity index (χ0v) is 10.5. The molecule has 0 atom stereocenters. The standard InChI is InChI=1S/C14H14N4O/c1-19-13-5-3-2-4-12(13)10-17-18-14(15)11-6-8-16-9-7-11/h2-10H,1H3,(H2,15,18)/b17-10+. The van der Waals surface area contributed by atoms with Crippen LogP contribution in [0.15, 0.2) is 59.0 Å². The molecule has 19 heavy (non-hydrogen) atoms. The highest BCUT2D eigenvalue weighted by Gasteiger charge is 1.98. The second-order valence-electron chi connectivity index (χ2n) is 3.71. The molecule has 0 saturated carbocycles. The molecular formula is C14H14N4O. The molecule has 1 aromatic heterocycles. The van der Waals surface area contributed by atoms with Crippen molar-refractivity contribution in [3.05, 3.63) is 59.9 Å². The fourth-order valence-electron chi connectivity index (χ4n) is 1.51. The Hall–Kier alpha value is -2.69. The molecule has 0 radical (unpaired) electrons. The van der Waals surface area contributed by atoms with E-state index in [9.17, 15) is 0 Å². The summed E-state index contributed by atoms with van der Waals surface area (Å²) in [6.07, 6.45) is 4.91. The van der Waals surface area contributed by atoms with Crippen LogP contribution in [0, 0.1) is 0 Å². The number of methoxy groups -OCH3 is 1. The monoisotopic (exact) mass is 254 g/mol. The number of pyridine rings is 1. The first-order valence-corrected chi connectivity index (χ1v) is 5.71. The molecule has 0 aliphatic carbocycles. The summed E-state index contributed by atoms with van der Waals surface area (Å²) in [6.45, 7) is 0. The van der Waals surface area contributed by atoms with E-state index in [0.29, 0.717) is 5.84 Å². The fourth-order valence-corrected chi connectivity index (χ4v) is 1.51. The number of hydrogen-bond donors (Lipinski definition) is 1. The first-order valence-electron chi connectivity index (χ1n) is 5.71. The van der Waals surface area contributed by atoms with Crippen molar-refractivity contribution in [3.63, 3.8) is 0 Å². The summed E-state index contributed by atoms with van der Waals surface area (Å²) in [6, 6.07) is 11.1. The molecule has 0 fully saturated rings. The minimum Gasteiger partial charge on any atom is -0.496 e. The van der Waals surface area contributed by atoms with Gasteiger partial charge in [0.25, 0.3) is 0 Å². The average Bonchev–Trinajstić information content (AvgIpc) is 2.48. The van der Waals surface area contributed by atoms with Gasteiger partial charge in [-0.25, -0.2) is 0 Å². The number of nitrogens with two attached hydrogens (primary N) is 1. The third-order valence-electron chi connectivity index (χ3n) is 2.48. The second kappa shape index (κ2) is 6.30. The lowest BCUT2D eigenvalue weighted by atomic mass is 10.2. The van der Waals surface area contributed by atoms with Gasteiger partial charge in [-0.05, 0) is 24.3 Å². The first-order chi connectivity index (χ1) is 9.31. The molecule has 0 bridgehead atoms. The maximum Gasteiger partial charge on any atom is 0.153 e. The molecule has 0 amide bonds. The maximum absolute atomic E-state index is 5.81. The maximum atomic E-state index is 5.81. The van der Waals surface area contributed by atoms with E-state index < -0.39 is 0 Å². The Morgan fingerprint density at radius 2 is 1.95 bits per heavy atom. The Morgan fingerprint density at radius 3 is 2.68 bits per heavy atom. The molecular weight excluding hydrogens is 240 g/mol. The Kier molecular flexibility index (Phi) is 4.23. The van der Waals surface area contributed by atoms with Crippen molar-refractivity contribution in [1.82, 2.24) is 4.98 Å². The van der Waals surface area contributed by atoms with Gasteiger partial charge in [-0.1, -0.05) is 12.1 Å². The van der Waals surface area contributed by atoms with Crippen LogP contribution in [0.25, 0.3) is 0 Å². The number of rotatable bonds is 4. The predicted octanol–water partition coefficient (Wildman–Crippen LogP) is 1.83. The molecule has 2 rings (SSSR count). The van der Waals surface area contributed by atoms with Crippen LogP contribution >= 0.6 is 0 Å². The van der Waals surface area contributed by atoms with Crippen molar-refractivity contribution < 1.29 is 4.74 Å². The van der Waals surface area contributed by atoms with E-state index >= 15 is 0 Å². The fraction of sp³-hybridized carbons (Fsp3) is 0.0714. The zero-order valence-electron chi connectivity index (χ0n) is 10.5. The third kappa shape index (κ3) is 3.38. The summed E-state index contributed by atoms with van der Waals surface area (Å²) in [5.41, 5.74) is 7.44. The molecule has 5 heteroatoms. The molecule has 0 saturated heterocycles. The van der Waals surface area contributed by atoms with Crippen LogP contribution in [0.5, 0.6) is 5.75 Å². The highest BCUT2D eigenvalue weighted by molar-refractivity contribution is 5.97. The van der Waals surface area contributed by atoms with Gasteiger partial charge in [-0.2, -0.15) is 5.10 Å². The second-order valence-corrected chi connectivity index (χ2v) is 3.71. The van der Waals surface area contributed by atoms with Crippen molar-refractivity contribution in [2.75, 3.05) is 7.11 Å². The predicted molar refractivity (Wildman–Crippen MR) is 75.5 cm³/mol. The molecule has 5 nitrogen and oxygen atoms in total. The van der Waals surface area contributed by atoms with Crippen molar-refractivity contribution in [3.8, 4) is 5.75 Å². The molecule has 0 aliphatic heterocycles. The van der Waals surface area contributed by atoms with Crippen LogP contribution in [-0.4, -0.2) is 24.1 Å². The van der Waals surface area contributed by atoms with E-state index in [1.54, 1.807) is 37.9 Å². The van der Waals surface area contributed by atoms with Crippen molar-refractivity contribution >= 4 is 12.1 Å². The molecule has 2 aromatic rings.